The van der Waals surface area contributed by atoms with Crippen LogP contribution in [0.5, 0.6) is 0 Å². The fourth-order valence-electron chi connectivity index (χ4n) is 2.82. The van der Waals surface area contributed by atoms with Crippen molar-refractivity contribution >= 4 is 38.9 Å². The fraction of sp³-hybridized carbons (Fsp3) is 0.316. The predicted molar refractivity (Wildman–Crippen MR) is 108 cm³/mol. The number of halogens is 1. The minimum absolute atomic E-state index is 0.320. The lowest BCUT2D eigenvalue weighted by molar-refractivity contribution is -0.114. The molecule has 7 heteroatoms. The average Bonchev–Trinajstić information content (AvgIpc) is 2.55. The van der Waals surface area contributed by atoms with Crippen LogP contribution in [-0.4, -0.2) is 27.1 Å². The molecule has 2 rings (SSSR count). The molecule has 2 aromatic rings. The van der Waals surface area contributed by atoms with Crippen LogP contribution < -0.4 is 9.62 Å². The summed E-state index contributed by atoms with van der Waals surface area (Å²) in [5, 5.41) is 3.17. The molecule has 0 aliphatic carbocycles. The number of para-hydroxylation sites is 1. The summed E-state index contributed by atoms with van der Waals surface area (Å²) in [5.74, 6) is -0.449. The monoisotopic (exact) mass is 394 g/mol. The van der Waals surface area contributed by atoms with Crippen molar-refractivity contribution in [3.8, 4) is 0 Å². The summed E-state index contributed by atoms with van der Waals surface area (Å²) in [6.07, 6.45) is 1.75. The Balaban J connectivity index is 2.32. The summed E-state index contributed by atoms with van der Waals surface area (Å²) in [6, 6.07) is 10.8. The molecule has 1 N–H and O–H groups in total. The molecule has 5 nitrogen and oxygen atoms in total. The molecule has 0 aliphatic rings. The van der Waals surface area contributed by atoms with Gasteiger partial charge in [-0.15, -0.1) is 0 Å². The second kappa shape index (κ2) is 8.10. The van der Waals surface area contributed by atoms with Crippen molar-refractivity contribution in [1.29, 1.82) is 0 Å². The quantitative estimate of drug-likeness (QED) is 0.807. The van der Waals surface area contributed by atoms with E-state index in [9.17, 15) is 13.2 Å². The van der Waals surface area contributed by atoms with E-state index in [-0.39, 0.29) is 6.54 Å². The number of rotatable bonds is 6. The van der Waals surface area contributed by atoms with Crippen LogP contribution in [0.2, 0.25) is 5.02 Å². The molecule has 0 bridgehead atoms. The first-order valence-corrected chi connectivity index (χ1v) is 10.5. The zero-order chi connectivity index (χ0) is 19.5. The Hall–Kier alpha value is -2.05. The molecule has 0 heterocycles. The van der Waals surface area contributed by atoms with Crippen LogP contribution in [0, 0.1) is 13.8 Å². The first kappa shape index (κ1) is 20.3. The number of amides is 1. The van der Waals surface area contributed by atoms with Gasteiger partial charge in [0, 0.05) is 0 Å². The molecular formula is C19H23ClN2O3S. The van der Waals surface area contributed by atoms with E-state index in [1.54, 1.807) is 18.2 Å². The molecule has 26 heavy (non-hydrogen) atoms. The largest absolute Gasteiger partial charge is 0.323 e. The van der Waals surface area contributed by atoms with Gasteiger partial charge in [-0.25, -0.2) is 8.42 Å². The van der Waals surface area contributed by atoms with Crippen LogP contribution in [0.25, 0.3) is 0 Å². The van der Waals surface area contributed by atoms with Crippen molar-refractivity contribution in [3.05, 3.63) is 58.1 Å². The summed E-state index contributed by atoms with van der Waals surface area (Å²) in [6.45, 7) is 5.38. The summed E-state index contributed by atoms with van der Waals surface area (Å²) < 4.78 is 25.7. The Kier molecular flexibility index (Phi) is 6.31. The number of benzene rings is 2. The number of hydrogen-bond donors (Lipinski definition) is 1. The average molecular weight is 395 g/mol. The molecule has 0 radical (unpaired) electrons. The number of nitrogens with one attached hydrogen (secondary N) is 1. The van der Waals surface area contributed by atoms with Gasteiger partial charge in [0.05, 0.1) is 22.7 Å². The fourth-order valence-corrected chi connectivity index (χ4v) is 4.07. The lowest BCUT2D eigenvalue weighted by Crippen LogP contribution is -2.38. The van der Waals surface area contributed by atoms with Gasteiger partial charge in [0.1, 0.15) is 6.54 Å². The normalized spacial score (nSPS) is 11.3. The van der Waals surface area contributed by atoms with E-state index < -0.39 is 15.9 Å². The van der Waals surface area contributed by atoms with Crippen molar-refractivity contribution in [3.63, 3.8) is 0 Å². The van der Waals surface area contributed by atoms with Gasteiger partial charge in [-0.1, -0.05) is 42.8 Å². The lowest BCUT2D eigenvalue weighted by Gasteiger charge is -2.24. The van der Waals surface area contributed by atoms with E-state index in [1.165, 1.54) is 0 Å². The molecular weight excluding hydrogens is 372 g/mol. The summed E-state index contributed by atoms with van der Waals surface area (Å²) in [4.78, 5) is 12.6. The SMILES string of the molecule is CCc1ccccc1N(CC(=O)Nc1c(C)cc(C)cc1Cl)S(C)(=O)=O. The predicted octanol–water partition coefficient (Wildman–Crippen LogP) is 3.92. The van der Waals surface area contributed by atoms with Crippen molar-refractivity contribution in [2.75, 3.05) is 22.4 Å². The number of anilines is 2. The van der Waals surface area contributed by atoms with Gasteiger partial charge in [-0.05, 0) is 49.1 Å². The Labute approximate surface area is 160 Å². The van der Waals surface area contributed by atoms with E-state index >= 15 is 0 Å². The zero-order valence-corrected chi connectivity index (χ0v) is 16.9. The number of aryl methyl sites for hydroxylation is 3. The van der Waals surface area contributed by atoms with Crippen LogP contribution in [-0.2, 0) is 21.2 Å². The Morgan fingerprint density at radius 2 is 1.85 bits per heavy atom. The van der Waals surface area contributed by atoms with Gasteiger partial charge >= 0.3 is 0 Å². The van der Waals surface area contributed by atoms with Gasteiger partial charge in [-0.2, -0.15) is 0 Å². The minimum Gasteiger partial charge on any atom is -0.323 e. The number of sulfonamides is 1. The number of hydrogen-bond acceptors (Lipinski definition) is 3. The maximum absolute atomic E-state index is 12.6. The second-order valence-corrected chi connectivity index (χ2v) is 8.55. The van der Waals surface area contributed by atoms with Crippen LogP contribution in [0.4, 0.5) is 11.4 Å². The molecule has 0 unspecified atom stereocenters. The maximum atomic E-state index is 12.6. The van der Waals surface area contributed by atoms with E-state index in [0.717, 1.165) is 27.3 Å². The number of carbonyl (C=O) groups is 1. The summed E-state index contributed by atoms with van der Waals surface area (Å²) in [5.41, 5.74) is 3.68. The topological polar surface area (TPSA) is 66.5 Å². The van der Waals surface area contributed by atoms with Crippen LogP contribution >= 0.6 is 11.6 Å². The number of carbonyl (C=O) groups excluding carboxylic acids is 1. The van der Waals surface area contributed by atoms with E-state index in [0.29, 0.717) is 22.8 Å². The van der Waals surface area contributed by atoms with E-state index in [4.69, 9.17) is 11.6 Å². The highest BCUT2D eigenvalue weighted by molar-refractivity contribution is 7.92. The molecule has 140 valence electrons. The second-order valence-electron chi connectivity index (χ2n) is 6.24. The highest BCUT2D eigenvalue weighted by atomic mass is 35.5. The maximum Gasteiger partial charge on any atom is 0.245 e. The van der Waals surface area contributed by atoms with E-state index in [2.05, 4.69) is 5.32 Å². The van der Waals surface area contributed by atoms with E-state index in [1.807, 2.05) is 39.0 Å². The van der Waals surface area contributed by atoms with Crippen LogP contribution in [0.3, 0.4) is 0 Å². The lowest BCUT2D eigenvalue weighted by atomic mass is 10.1. The Bertz CT molecular complexity index is 903. The molecule has 0 fully saturated rings. The minimum atomic E-state index is -3.63. The van der Waals surface area contributed by atoms with Crippen LogP contribution in [0.15, 0.2) is 36.4 Å². The molecule has 0 aliphatic heterocycles. The highest BCUT2D eigenvalue weighted by Gasteiger charge is 2.23. The molecule has 0 atom stereocenters. The van der Waals surface area contributed by atoms with Crippen molar-refractivity contribution in [2.45, 2.75) is 27.2 Å². The molecule has 0 spiro atoms. The van der Waals surface area contributed by atoms with Gasteiger partial charge in [0.25, 0.3) is 0 Å². The first-order chi connectivity index (χ1) is 12.1. The number of nitrogens with zero attached hydrogens (tertiary/aromatic N) is 1. The smallest absolute Gasteiger partial charge is 0.245 e. The molecule has 1 amide bonds. The first-order valence-electron chi connectivity index (χ1n) is 8.25. The van der Waals surface area contributed by atoms with Crippen molar-refractivity contribution < 1.29 is 13.2 Å². The van der Waals surface area contributed by atoms with Gasteiger partial charge in [0.15, 0.2) is 0 Å². The standard InChI is InChI=1S/C19H23ClN2O3S/c1-5-15-8-6-7-9-17(15)22(26(4,24)25)12-18(23)21-19-14(3)10-13(2)11-16(19)20/h6-11H,5,12H2,1-4H3,(H,21,23). The van der Waals surface area contributed by atoms with Crippen LogP contribution in [0.1, 0.15) is 23.6 Å². The van der Waals surface area contributed by atoms with Crippen molar-refractivity contribution in [1.82, 2.24) is 0 Å². The van der Waals surface area contributed by atoms with Gasteiger partial charge < -0.3 is 5.32 Å². The zero-order valence-electron chi connectivity index (χ0n) is 15.3. The third-order valence-electron chi connectivity index (χ3n) is 4.02. The summed E-state index contributed by atoms with van der Waals surface area (Å²) >= 11 is 6.22. The summed E-state index contributed by atoms with van der Waals surface area (Å²) in [7, 11) is -3.63. The molecule has 0 saturated heterocycles. The Morgan fingerprint density at radius 1 is 1.19 bits per heavy atom. The third kappa shape index (κ3) is 4.77. The van der Waals surface area contributed by atoms with Crippen molar-refractivity contribution in [2.24, 2.45) is 0 Å². The van der Waals surface area contributed by atoms with Gasteiger partial charge in [0.2, 0.25) is 15.9 Å². The molecule has 0 saturated carbocycles. The molecule has 0 aromatic heterocycles. The highest BCUT2D eigenvalue weighted by Crippen LogP contribution is 2.28. The Morgan fingerprint density at radius 3 is 2.42 bits per heavy atom. The molecule has 2 aromatic carbocycles. The van der Waals surface area contributed by atoms with Gasteiger partial charge in [-0.3, -0.25) is 9.10 Å². The third-order valence-corrected chi connectivity index (χ3v) is 5.45.